The topological polar surface area (TPSA) is 66.5 Å². The molecule has 1 aliphatic rings. The number of nitrogens with one attached hydrogen (secondary N) is 1. The quantitative estimate of drug-likeness (QED) is 0.623. The van der Waals surface area contributed by atoms with Crippen LogP contribution in [0.15, 0.2) is 0 Å². The van der Waals surface area contributed by atoms with Crippen molar-refractivity contribution in [3.05, 3.63) is 0 Å². The summed E-state index contributed by atoms with van der Waals surface area (Å²) in [5, 5.41) is 2.44. The summed E-state index contributed by atoms with van der Waals surface area (Å²) in [4.78, 5) is 34.7. The highest BCUT2D eigenvalue weighted by molar-refractivity contribution is 6.03. The predicted molar refractivity (Wildman–Crippen MR) is 49.2 cm³/mol. The summed E-state index contributed by atoms with van der Waals surface area (Å²) in [6.07, 6.45) is 0.452. The van der Waals surface area contributed by atoms with E-state index < -0.39 is 0 Å². The van der Waals surface area contributed by atoms with E-state index in [0.29, 0.717) is 0 Å². The summed E-state index contributed by atoms with van der Waals surface area (Å²) in [5.41, 5.74) is 0. The van der Waals surface area contributed by atoms with Gasteiger partial charge in [-0.3, -0.25) is 19.3 Å². The highest BCUT2D eigenvalue weighted by Crippen LogP contribution is 2.18. The molecule has 1 saturated heterocycles. The molecular formula is C9H14N2O3. The van der Waals surface area contributed by atoms with Gasteiger partial charge in [-0.05, 0) is 0 Å². The zero-order valence-electron chi connectivity index (χ0n) is 8.37. The molecule has 3 amide bonds. The van der Waals surface area contributed by atoms with Crippen molar-refractivity contribution in [3.8, 4) is 0 Å². The van der Waals surface area contributed by atoms with Gasteiger partial charge in [0.1, 0.15) is 0 Å². The highest BCUT2D eigenvalue weighted by Gasteiger charge is 2.35. The maximum absolute atomic E-state index is 11.4. The molecule has 1 heterocycles. The zero-order valence-corrected chi connectivity index (χ0v) is 8.37. The van der Waals surface area contributed by atoms with Crippen LogP contribution in [0.4, 0.5) is 0 Å². The summed E-state index contributed by atoms with van der Waals surface area (Å²) in [7, 11) is 1.53. The molecule has 0 saturated carbocycles. The van der Waals surface area contributed by atoms with Gasteiger partial charge in [0.15, 0.2) is 0 Å². The third-order valence-electron chi connectivity index (χ3n) is 2.31. The number of carbonyl (C=O) groups is 3. The van der Waals surface area contributed by atoms with Crippen LogP contribution in [-0.2, 0) is 14.4 Å². The van der Waals surface area contributed by atoms with Crippen LogP contribution in [0.25, 0.3) is 0 Å². The Kier molecular flexibility index (Phi) is 3.22. The number of imide groups is 1. The highest BCUT2D eigenvalue weighted by atomic mass is 16.2. The van der Waals surface area contributed by atoms with E-state index in [4.69, 9.17) is 0 Å². The largest absolute Gasteiger partial charge is 0.359 e. The standard InChI is InChI=1S/C9H14N2O3/c1-6-5-8(13)11(9(6)14)4-3-7(12)10-2/h6H,3-5H2,1-2H3,(H,10,12). The molecule has 0 radical (unpaired) electrons. The van der Waals surface area contributed by atoms with Crippen LogP contribution in [0.2, 0.25) is 0 Å². The van der Waals surface area contributed by atoms with E-state index in [9.17, 15) is 14.4 Å². The fourth-order valence-electron chi connectivity index (χ4n) is 1.42. The summed E-state index contributed by atoms with van der Waals surface area (Å²) in [5.74, 6) is -0.734. The van der Waals surface area contributed by atoms with Crippen molar-refractivity contribution in [3.63, 3.8) is 0 Å². The Morgan fingerprint density at radius 3 is 2.64 bits per heavy atom. The van der Waals surface area contributed by atoms with E-state index in [2.05, 4.69) is 5.32 Å². The van der Waals surface area contributed by atoms with Crippen LogP contribution < -0.4 is 5.32 Å². The maximum Gasteiger partial charge on any atom is 0.232 e. The molecule has 1 atom stereocenters. The van der Waals surface area contributed by atoms with E-state index in [-0.39, 0.29) is 43.0 Å². The molecule has 0 bridgehead atoms. The fraction of sp³-hybridized carbons (Fsp3) is 0.667. The van der Waals surface area contributed by atoms with Gasteiger partial charge in [-0.2, -0.15) is 0 Å². The van der Waals surface area contributed by atoms with E-state index in [1.165, 1.54) is 11.9 Å². The minimum atomic E-state index is -0.229. The van der Waals surface area contributed by atoms with Gasteiger partial charge in [0, 0.05) is 32.4 Å². The molecule has 14 heavy (non-hydrogen) atoms. The van der Waals surface area contributed by atoms with Crippen molar-refractivity contribution in [1.29, 1.82) is 0 Å². The van der Waals surface area contributed by atoms with Crippen molar-refractivity contribution >= 4 is 17.7 Å². The van der Waals surface area contributed by atoms with Crippen LogP contribution in [0.3, 0.4) is 0 Å². The summed E-state index contributed by atoms with van der Waals surface area (Å²) in [6, 6.07) is 0. The number of carbonyl (C=O) groups excluding carboxylic acids is 3. The second-order valence-electron chi connectivity index (χ2n) is 3.41. The van der Waals surface area contributed by atoms with Crippen molar-refractivity contribution in [2.75, 3.05) is 13.6 Å². The Balaban J connectivity index is 2.48. The third kappa shape index (κ3) is 2.10. The van der Waals surface area contributed by atoms with Gasteiger partial charge in [-0.1, -0.05) is 6.92 Å². The average Bonchev–Trinajstić information content (AvgIpc) is 2.39. The van der Waals surface area contributed by atoms with Gasteiger partial charge < -0.3 is 5.32 Å². The number of amides is 3. The van der Waals surface area contributed by atoms with Crippen molar-refractivity contribution in [2.24, 2.45) is 5.92 Å². The second kappa shape index (κ2) is 4.21. The number of rotatable bonds is 3. The van der Waals surface area contributed by atoms with E-state index in [1.54, 1.807) is 6.92 Å². The Hall–Kier alpha value is -1.39. The van der Waals surface area contributed by atoms with Crippen LogP contribution in [0, 0.1) is 5.92 Å². The van der Waals surface area contributed by atoms with E-state index in [0.717, 1.165) is 0 Å². The molecule has 1 unspecified atom stereocenters. The van der Waals surface area contributed by atoms with E-state index in [1.807, 2.05) is 0 Å². The molecule has 78 valence electrons. The molecule has 0 spiro atoms. The number of hydrogen-bond acceptors (Lipinski definition) is 3. The van der Waals surface area contributed by atoms with Crippen molar-refractivity contribution in [1.82, 2.24) is 10.2 Å². The van der Waals surface area contributed by atoms with Crippen LogP contribution >= 0.6 is 0 Å². The number of likely N-dealkylation sites (tertiary alicyclic amines) is 1. The maximum atomic E-state index is 11.4. The second-order valence-corrected chi connectivity index (χ2v) is 3.41. The number of hydrogen-bond donors (Lipinski definition) is 1. The zero-order chi connectivity index (χ0) is 10.7. The lowest BCUT2D eigenvalue weighted by Gasteiger charge is -2.13. The summed E-state index contributed by atoms with van der Waals surface area (Å²) < 4.78 is 0. The molecule has 1 N–H and O–H groups in total. The lowest BCUT2D eigenvalue weighted by atomic mass is 10.1. The van der Waals surface area contributed by atoms with E-state index >= 15 is 0 Å². The van der Waals surface area contributed by atoms with Gasteiger partial charge in [0.05, 0.1) is 0 Å². The normalized spacial score (nSPS) is 21.6. The first-order valence-corrected chi connectivity index (χ1v) is 4.61. The van der Waals surface area contributed by atoms with Crippen LogP contribution in [0.5, 0.6) is 0 Å². The predicted octanol–water partition coefficient (Wildman–Crippen LogP) is -0.483. The fourth-order valence-corrected chi connectivity index (χ4v) is 1.42. The molecular weight excluding hydrogens is 184 g/mol. The first-order chi connectivity index (χ1) is 6.56. The molecule has 5 heteroatoms. The molecule has 1 aliphatic heterocycles. The Morgan fingerprint density at radius 1 is 1.57 bits per heavy atom. The smallest absolute Gasteiger partial charge is 0.232 e. The first-order valence-electron chi connectivity index (χ1n) is 4.61. The molecule has 0 aliphatic carbocycles. The summed E-state index contributed by atoms with van der Waals surface area (Å²) >= 11 is 0. The third-order valence-corrected chi connectivity index (χ3v) is 2.31. The molecule has 0 aromatic rings. The van der Waals surface area contributed by atoms with Gasteiger partial charge in [0.2, 0.25) is 17.7 Å². The lowest BCUT2D eigenvalue weighted by Crippen LogP contribution is -2.34. The molecule has 0 aromatic heterocycles. The minimum Gasteiger partial charge on any atom is -0.359 e. The van der Waals surface area contributed by atoms with Gasteiger partial charge >= 0.3 is 0 Å². The minimum absolute atomic E-state index is 0.162. The SMILES string of the molecule is CNC(=O)CCN1C(=O)CC(C)C1=O. The molecule has 5 nitrogen and oxygen atoms in total. The Labute approximate surface area is 82.4 Å². The molecule has 1 fully saturated rings. The van der Waals surface area contributed by atoms with Gasteiger partial charge in [-0.15, -0.1) is 0 Å². The van der Waals surface area contributed by atoms with Crippen LogP contribution in [-0.4, -0.2) is 36.2 Å². The monoisotopic (exact) mass is 198 g/mol. The lowest BCUT2D eigenvalue weighted by molar-refractivity contribution is -0.139. The summed E-state index contributed by atoms with van der Waals surface area (Å²) in [6.45, 7) is 1.92. The first kappa shape index (κ1) is 10.7. The van der Waals surface area contributed by atoms with Crippen molar-refractivity contribution in [2.45, 2.75) is 19.8 Å². The van der Waals surface area contributed by atoms with Gasteiger partial charge in [-0.25, -0.2) is 0 Å². The Morgan fingerprint density at radius 2 is 2.21 bits per heavy atom. The number of nitrogens with zero attached hydrogens (tertiary/aromatic N) is 1. The molecule has 0 aromatic carbocycles. The molecule has 1 rings (SSSR count). The van der Waals surface area contributed by atoms with Crippen LogP contribution in [0.1, 0.15) is 19.8 Å². The van der Waals surface area contributed by atoms with Gasteiger partial charge in [0.25, 0.3) is 0 Å². The Bertz CT molecular complexity index is 275. The average molecular weight is 198 g/mol. The van der Waals surface area contributed by atoms with Crippen molar-refractivity contribution < 1.29 is 14.4 Å².